The van der Waals surface area contributed by atoms with Crippen LogP contribution >= 0.6 is 0 Å². The number of furan rings is 1. The van der Waals surface area contributed by atoms with Gasteiger partial charge in [0.05, 0.1) is 24.5 Å². The van der Waals surface area contributed by atoms with Crippen LogP contribution < -0.4 is 5.32 Å². The van der Waals surface area contributed by atoms with Gasteiger partial charge in [0.2, 0.25) is 5.71 Å². The standard InChI is InChI=1S/C24H39N3O2/c1-6-7-11-24(4,5)22-13-19-23(29-22)25-14-20(27-19)18-10-8-9-17(12-16(2)3)21(15-28)26-18/h13-14,16-18,21,26,28H,6-12,15H2,1-5H3/t17-,18?,21-/m0/s1. The highest BCUT2D eigenvalue weighted by Crippen LogP contribution is 2.34. The number of aromatic nitrogens is 2. The molecule has 3 atom stereocenters. The molecule has 5 heteroatoms. The summed E-state index contributed by atoms with van der Waals surface area (Å²) in [4.78, 5) is 9.50. The van der Waals surface area contributed by atoms with Crippen molar-refractivity contribution in [3.05, 3.63) is 23.7 Å². The molecule has 0 spiro atoms. The van der Waals surface area contributed by atoms with Crippen molar-refractivity contribution >= 4 is 11.2 Å². The summed E-state index contributed by atoms with van der Waals surface area (Å²) < 4.78 is 6.07. The first kappa shape index (κ1) is 22.2. The zero-order valence-electron chi connectivity index (χ0n) is 18.9. The average Bonchev–Trinajstić information content (AvgIpc) is 3.02. The maximum absolute atomic E-state index is 9.99. The quantitative estimate of drug-likeness (QED) is 0.609. The molecule has 1 fully saturated rings. The van der Waals surface area contributed by atoms with Crippen LogP contribution in [0.5, 0.6) is 0 Å². The fourth-order valence-electron chi connectivity index (χ4n) is 4.67. The molecule has 0 aromatic carbocycles. The lowest BCUT2D eigenvalue weighted by atomic mass is 9.85. The summed E-state index contributed by atoms with van der Waals surface area (Å²) in [6.07, 6.45) is 9.78. The molecule has 0 aliphatic carbocycles. The molecule has 0 saturated carbocycles. The smallest absolute Gasteiger partial charge is 0.245 e. The van der Waals surface area contributed by atoms with E-state index in [0.29, 0.717) is 17.5 Å². The number of nitrogens with one attached hydrogen (secondary N) is 1. The molecule has 1 aliphatic rings. The van der Waals surface area contributed by atoms with Gasteiger partial charge in [-0.2, -0.15) is 0 Å². The Bertz CT molecular complexity index is 784. The first-order valence-electron chi connectivity index (χ1n) is 11.5. The Labute approximate surface area is 175 Å². The minimum absolute atomic E-state index is 0.00876. The van der Waals surface area contributed by atoms with Crippen LogP contribution in [0, 0.1) is 11.8 Å². The predicted molar refractivity (Wildman–Crippen MR) is 118 cm³/mol. The van der Waals surface area contributed by atoms with Crippen LogP contribution in [0.4, 0.5) is 0 Å². The van der Waals surface area contributed by atoms with Gasteiger partial charge in [-0.15, -0.1) is 0 Å². The maximum Gasteiger partial charge on any atom is 0.245 e. The van der Waals surface area contributed by atoms with E-state index in [1.807, 2.05) is 6.20 Å². The van der Waals surface area contributed by atoms with Crippen LogP contribution in [0.1, 0.15) is 97.1 Å². The van der Waals surface area contributed by atoms with Crippen LogP contribution in [0.15, 0.2) is 16.7 Å². The van der Waals surface area contributed by atoms with E-state index in [1.54, 1.807) is 0 Å². The molecule has 2 aromatic heterocycles. The van der Waals surface area contributed by atoms with E-state index in [2.05, 4.69) is 51.0 Å². The van der Waals surface area contributed by atoms with Gasteiger partial charge >= 0.3 is 0 Å². The Kier molecular flexibility index (Phi) is 7.33. The highest BCUT2D eigenvalue weighted by Gasteiger charge is 2.30. The number of aliphatic hydroxyl groups excluding tert-OH is 1. The molecule has 162 valence electrons. The van der Waals surface area contributed by atoms with Crippen molar-refractivity contribution in [1.82, 2.24) is 15.3 Å². The van der Waals surface area contributed by atoms with Crippen LogP contribution in [0.25, 0.3) is 11.2 Å². The van der Waals surface area contributed by atoms with Gasteiger partial charge in [-0.25, -0.2) is 9.97 Å². The van der Waals surface area contributed by atoms with Crippen molar-refractivity contribution in [1.29, 1.82) is 0 Å². The Morgan fingerprint density at radius 1 is 1.31 bits per heavy atom. The first-order valence-corrected chi connectivity index (χ1v) is 11.5. The largest absolute Gasteiger partial charge is 0.441 e. The lowest BCUT2D eigenvalue weighted by molar-refractivity contribution is 0.178. The van der Waals surface area contributed by atoms with Crippen LogP contribution in [-0.4, -0.2) is 27.7 Å². The van der Waals surface area contributed by atoms with Gasteiger partial charge in [0.15, 0.2) is 0 Å². The topological polar surface area (TPSA) is 71.2 Å². The molecule has 0 bridgehead atoms. The third-order valence-corrected chi connectivity index (χ3v) is 6.46. The van der Waals surface area contributed by atoms with Crippen LogP contribution in [0.2, 0.25) is 0 Å². The molecular formula is C24H39N3O2. The Morgan fingerprint density at radius 2 is 2.10 bits per heavy atom. The summed E-state index contributed by atoms with van der Waals surface area (Å²) in [6, 6.07) is 2.33. The Hall–Kier alpha value is -1.46. The summed E-state index contributed by atoms with van der Waals surface area (Å²) in [5.74, 6) is 2.13. The van der Waals surface area contributed by atoms with Gasteiger partial charge in [0, 0.05) is 17.5 Å². The van der Waals surface area contributed by atoms with Crippen molar-refractivity contribution < 1.29 is 9.52 Å². The number of hydrogen-bond acceptors (Lipinski definition) is 5. The maximum atomic E-state index is 9.99. The molecule has 1 aliphatic heterocycles. The van der Waals surface area contributed by atoms with E-state index < -0.39 is 0 Å². The number of unbranched alkanes of at least 4 members (excludes halogenated alkanes) is 1. The molecule has 5 nitrogen and oxygen atoms in total. The number of hydrogen-bond donors (Lipinski definition) is 2. The third kappa shape index (κ3) is 5.37. The van der Waals surface area contributed by atoms with Gasteiger partial charge in [0.25, 0.3) is 0 Å². The van der Waals surface area contributed by atoms with E-state index in [-0.39, 0.29) is 24.1 Å². The molecule has 0 radical (unpaired) electrons. The minimum atomic E-state index is -0.00876. The van der Waals surface area contributed by atoms with E-state index >= 15 is 0 Å². The summed E-state index contributed by atoms with van der Waals surface area (Å²) in [6.45, 7) is 11.4. The van der Waals surface area contributed by atoms with E-state index in [4.69, 9.17) is 9.40 Å². The number of aliphatic hydroxyl groups is 1. The fraction of sp³-hybridized carbons (Fsp3) is 0.750. The Morgan fingerprint density at radius 3 is 2.79 bits per heavy atom. The van der Waals surface area contributed by atoms with Crippen molar-refractivity contribution in [3.63, 3.8) is 0 Å². The van der Waals surface area contributed by atoms with E-state index in [0.717, 1.165) is 49.1 Å². The van der Waals surface area contributed by atoms with Crippen molar-refractivity contribution in [2.45, 2.75) is 97.1 Å². The third-order valence-electron chi connectivity index (χ3n) is 6.46. The highest BCUT2D eigenvalue weighted by atomic mass is 16.3. The molecule has 2 N–H and O–H groups in total. The van der Waals surface area contributed by atoms with Gasteiger partial charge in [-0.3, -0.25) is 0 Å². The molecule has 3 heterocycles. The van der Waals surface area contributed by atoms with E-state index in [9.17, 15) is 5.11 Å². The molecule has 1 unspecified atom stereocenters. The van der Waals surface area contributed by atoms with Crippen molar-refractivity contribution in [2.24, 2.45) is 11.8 Å². The summed E-state index contributed by atoms with van der Waals surface area (Å²) in [7, 11) is 0. The molecular weight excluding hydrogens is 362 g/mol. The van der Waals surface area contributed by atoms with Crippen molar-refractivity contribution in [3.8, 4) is 0 Å². The first-order chi connectivity index (χ1) is 13.8. The monoisotopic (exact) mass is 401 g/mol. The fourth-order valence-corrected chi connectivity index (χ4v) is 4.67. The second-order valence-electron chi connectivity index (χ2n) is 9.91. The predicted octanol–water partition coefficient (Wildman–Crippen LogP) is 5.53. The lowest BCUT2D eigenvalue weighted by Gasteiger charge is -2.27. The molecule has 2 aromatic rings. The molecule has 0 amide bonds. The second-order valence-corrected chi connectivity index (χ2v) is 9.91. The SMILES string of the molecule is CCCCC(C)(C)c1cc2nc(C3CCC[C@@H](CC(C)C)[C@H](CO)N3)cnc2o1. The van der Waals surface area contributed by atoms with Gasteiger partial charge < -0.3 is 14.8 Å². The zero-order valence-corrected chi connectivity index (χ0v) is 18.9. The number of fused-ring (bicyclic) bond motifs is 1. The molecule has 3 rings (SSSR count). The highest BCUT2D eigenvalue weighted by molar-refractivity contribution is 5.69. The average molecular weight is 402 g/mol. The number of rotatable bonds is 8. The normalized spacial score (nSPS) is 23.6. The minimum Gasteiger partial charge on any atom is -0.441 e. The van der Waals surface area contributed by atoms with Gasteiger partial charge in [0.1, 0.15) is 11.3 Å². The number of nitrogens with zero attached hydrogens (tertiary/aromatic N) is 2. The zero-order chi connectivity index (χ0) is 21.0. The second kappa shape index (κ2) is 9.57. The Balaban J connectivity index is 1.80. The summed E-state index contributed by atoms with van der Waals surface area (Å²) >= 11 is 0. The summed E-state index contributed by atoms with van der Waals surface area (Å²) in [5.41, 5.74) is 2.41. The van der Waals surface area contributed by atoms with Gasteiger partial charge in [-0.05, 0) is 37.5 Å². The van der Waals surface area contributed by atoms with Crippen molar-refractivity contribution in [2.75, 3.05) is 6.61 Å². The van der Waals surface area contributed by atoms with Crippen LogP contribution in [0.3, 0.4) is 0 Å². The molecule has 29 heavy (non-hydrogen) atoms. The van der Waals surface area contributed by atoms with E-state index in [1.165, 1.54) is 12.8 Å². The lowest BCUT2D eigenvalue weighted by Crippen LogP contribution is -2.40. The molecule has 1 saturated heterocycles. The van der Waals surface area contributed by atoms with Crippen LogP contribution in [-0.2, 0) is 5.41 Å². The summed E-state index contributed by atoms with van der Waals surface area (Å²) in [5, 5.41) is 13.7. The van der Waals surface area contributed by atoms with Gasteiger partial charge in [-0.1, -0.05) is 53.9 Å².